The summed E-state index contributed by atoms with van der Waals surface area (Å²) in [6, 6.07) is 14.6. The van der Waals surface area contributed by atoms with Crippen molar-refractivity contribution < 1.29 is 14.3 Å². The predicted molar refractivity (Wildman–Crippen MR) is 110 cm³/mol. The first kappa shape index (κ1) is 20.6. The average molecular weight is 432 g/mol. The highest BCUT2D eigenvalue weighted by Crippen LogP contribution is 2.21. The van der Waals surface area contributed by atoms with Crippen LogP contribution in [0, 0.1) is 5.92 Å². The molecule has 27 heavy (non-hydrogen) atoms. The standard InChI is InChI=1S/C20H22BrN3O3/c1-3-12-27-18-11-7-4-8-15(18)13-22-24-20(26)14(2)19(25)23-17-10-6-5-9-16(17)21/h4-11,13-14H,3,12H2,1-2H3,(H,23,25)(H,24,26). The van der Waals surface area contributed by atoms with Crippen molar-refractivity contribution in [2.75, 3.05) is 11.9 Å². The maximum Gasteiger partial charge on any atom is 0.252 e. The molecule has 0 aliphatic rings. The molecule has 2 aromatic rings. The second kappa shape index (κ2) is 10.5. The zero-order valence-corrected chi connectivity index (χ0v) is 16.8. The number of benzene rings is 2. The lowest BCUT2D eigenvalue weighted by Gasteiger charge is -2.12. The van der Waals surface area contributed by atoms with Crippen LogP contribution in [-0.2, 0) is 9.59 Å². The Balaban J connectivity index is 1.94. The van der Waals surface area contributed by atoms with Gasteiger partial charge in [0, 0.05) is 10.0 Å². The van der Waals surface area contributed by atoms with Crippen LogP contribution in [0.5, 0.6) is 5.75 Å². The summed E-state index contributed by atoms with van der Waals surface area (Å²) in [6.07, 6.45) is 2.40. The molecule has 0 bridgehead atoms. The second-order valence-corrected chi connectivity index (χ2v) is 6.67. The van der Waals surface area contributed by atoms with Crippen molar-refractivity contribution in [1.82, 2.24) is 5.43 Å². The van der Waals surface area contributed by atoms with E-state index in [0.717, 1.165) is 16.5 Å². The number of anilines is 1. The van der Waals surface area contributed by atoms with Crippen molar-refractivity contribution in [2.45, 2.75) is 20.3 Å². The SMILES string of the molecule is CCCOc1ccccc1C=NNC(=O)C(C)C(=O)Nc1ccccc1Br. The molecule has 2 rings (SSSR count). The molecule has 0 saturated heterocycles. The van der Waals surface area contributed by atoms with Crippen molar-refractivity contribution in [1.29, 1.82) is 0 Å². The van der Waals surface area contributed by atoms with Crippen LogP contribution in [-0.4, -0.2) is 24.6 Å². The first-order chi connectivity index (χ1) is 13.0. The normalized spacial score (nSPS) is 11.8. The molecule has 1 unspecified atom stereocenters. The summed E-state index contributed by atoms with van der Waals surface area (Å²) >= 11 is 3.35. The van der Waals surface area contributed by atoms with E-state index in [1.807, 2.05) is 43.3 Å². The molecular formula is C20H22BrN3O3. The molecule has 0 radical (unpaired) electrons. The number of ether oxygens (including phenoxy) is 1. The fraction of sp³-hybridized carbons (Fsp3) is 0.250. The zero-order chi connectivity index (χ0) is 19.6. The number of carbonyl (C=O) groups excluding carboxylic acids is 2. The van der Waals surface area contributed by atoms with Gasteiger partial charge in [-0.25, -0.2) is 5.43 Å². The number of hydrogen-bond donors (Lipinski definition) is 2. The van der Waals surface area contributed by atoms with Gasteiger partial charge in [-0.1, -0.05) is 31.2 Å². The van der Waals surface area contributed by atoms with Crippen LogP contribution in [0.3, 0.4) is 0 Å². The minimum absolute atomic E-state index is 0.415. The van der Waals surface area contributed by atoms with Crippen molar-refractivity contribution in [3.05, 3.63) is 58.6 Å². The topological polar surface area (TPSA) is 79.8 Å². The summed E-state index contributed by atoms with van der Waals surface area (Å²) < 4.78 is 6.38. The third-order valence-corrected chi connectivity index (χ3v) is 4.37. The molecule has 6 nitrogen and oxygen atoms in total. The molecule has 0 heterocycles. The molecule has 2 N–H and O–H groups in total. The van der Waals surface area contributed by atoms with Gasteiger partial charge in [-0.2, -0.15) is 5.10 Å². The highest BCUT2D eigenvalue weighted by molar-refractivity contribution is 9.10. The van der Waals surface area contributed by atoms with Crippen LogP contribution in [0.15, 0.2) is 58.1 Å². The summed E-state index contributed by atoms with van der Waals surface area (Å²) in [4.78, 5) is 24.4. The Bertz CT molecular complexity index is 824. The first-order valence-electron chi connectivity index (χ1n) is 8.63. The van der Waals surface area contributed by atoms with Gasteiger partial charge in [0.05, 0.1) is 18.5 Å². The average Bonchev–Trinajstić information content (AvgIpc) is 2.68. The van der Waals surface area contributed by atoms with Crippen molar-refractivity contribution in [2.24, 2.45) is 11.0 Å². The number of amides is 2. The van der Waals surface area contributed by atoms with Gasteiger partial charge >= 0.3 is 0 Å². The Morgan fingerprint density at radius 1 is 1.15 bits per heavy atom. The van der Waals surface area contributed by atoms with Crippen LogP contribution in [0.1, 0.15) is 25.8 Å². The minimum atomic E-state index is -0.902. The second-order valence-electron chi connectivity index (χ2n) is 5.81. The number of hydrazone groups is 1. The first-order valence-corrected chi connectivity index (χ1v) is 9.42. The highest BCUT2D eigenvalue weighted by Gasteiger charge is 2.21. The van der Waals surface area contributed by atoms with Crippen LogP contribution in [0.25, 0.3) is 0 Å². The Hall–Kier alpha value is -2.67. The Morgan fingerprint density at radius 2 is 1.85 bits per heavy atom. The summed E-state index contributed by atoms with van der Waals surface area (Å²) in [7, 11) is 0. The number of carbonyl (C=O) groups is 2. The van der Waals surface area contributed by atoms with Gasteiger partial charge < -0.3 is 10.1 Å². The van der Waals surface area contributed by atoms with Gasteiger partial charge in [0.1, 0.15) is 11.7 Å². The Morgan fingerprint density at radius 3 is 2.59 bits per heavy atom. The molecule has 1 atom stereocenters. The van der Waals surface area contributed by atoms with Crippen LogP contribution >= 0.6 is 15.9 Å². The summed E-state index contributed by atoms with van der Waals surface area (Å²) in [5.74, 6) is -1.12. The monoisotopic (exact) mass is 431 g/mol. The largest absolute Gasteiger partial charge is 0.493 e. The Labute approximate surface area is 167 Å². The molecule has 0 aliphatic carbocycles. The summed E-state index contributed by atoms with van der Waals surface area (Å²) in [6.45, 7) is 4.15. The number of halogens is 1. The maximum atomic E-state index is 12.2. The van der Waals surface area contributed by atoms with Gasteiger partial charge in [-0.15, -0.1) is 0 Å². The van der Waals surface area contributed by atoms with Crippen molar-refractivity contribution in [3.8, 4) is 5.75 Å². The van der Waals surface area contributed by atoms with Gasteiger partial charge in [0.2, 0.25) is 5.91 Å². The number of nitrogens with zero attached hydrogens (tertiary/aromatic N) is 1. The summed E-state index contributed by atoms with van der Waals surface area (Å²) in [5.41, 5.74) is 3.75. The van der Waals surface area contributed by atoms with Gasteiger partial charge in [-0.05, 0) is 53.5 Å². The molecule has 7 heteroatoms. The molecule has 0 aromatic heterocycles. The zero-order valence-electron chi connectivity index (χ0n) is 15.2. The predicted octanol–water partition coefficient (Wildman–Crippen LogP) is 3.96. The smallest absolute Gasteiger partial charge is 0.252 e. The van der Waals surface area contributed by atoms with Crippen molar-refractivity contribution in [3.63, 3.8) is 0 Å². The van der Waals surface area contributed by atoms with E-state index >= 15 is 0 Å². The molecule has 0 aliphatic heterocycles. The molecular weight excluding hydrogens is 410 g/mol. The molecule has 142 valence electrons. The van der Waals surface area contributed by atoms with E-state index in [1.165, 1.54) is 13.1 Å². The van der Waals surface area contributed by atoms with E-state index < -0.39 is 17.7 Å². The van der Waals surface area contributed by atoms with Crippen LogP contribution < -0.4 is 15.5 Å². The molecule has 0 spiro atoms. The third-order valence-electron chi connectivity index (χ3n) is 3.68. The fourth-order valence-corrected chi connectivity index (χ4v) is 2.50. The van der Waals surface area contributed by atoms with E-state index in [4.69, 9.17) is 4.74 Å². The third kappa shape index (κ3) is 6.21. The maximum absolute atomic E-state index is 12.2. The fourth-order valence-electron chi connectivity index (χ4n) is 2.12. The van der Waals surface area contributed by atoms with Gasteiger partial charge in [0.25, 0.3) is 5.91 Å². The van der Waals surface area contributed by atoms with E-state index in [1.54, 1.807) is 12.1 Å². The van der Waals surface area contributed by atoms with Gasteiger partial charge in [0.15, 0.2) is 0 Å². The summed E-state index contributed by atoms with van der Waals surface area (Å²) in [5, 5.41) is 6.66. The molecule has 2 amide bonds. The lowest BCUT2D eigenvalue weighted by Crippen LogP contribution is -2.34. The quantitative estimate of drug-likeness (QED) is 0.377. The van der Waals surface area contributed by atoms with E-state index in [2.05, 4.69) is 31.8 Å². The molecule has 2 aromatic carbocycles. The lowest BCUT2D eigenvalue weighted by atomic mass is 10.1. The molecule has 0 fully saturated rings. The van der Waals surface area contributed by atoms with Crippen molar-refractivity contribution >= 4 is 39.6 Å². The van der Waals surface area contributed by atoms with E-state index in [0.29, 0.717) is 18.0 Å². The molecule has 0 saturated carbocycles. The van der Waals surface area contributed by atoms with Gasteiger partial charge in [-0.3, -0.25) is 9.59 Å². The number of hydrogen-bond acceptors (Lipinski definition) is 4. The number of rotatable bonds is 8. The Kier molecular flexibility index (Phi) is 8.00. The number of nitrogens with one attached hydrogen (secondary N) is 2. The minimum Gasteiger partial charge on any atom is -0.493 e. The van der Waals surface area contributed by atoms with E-state index in [9.17, 15) is 9.59 Å². The highest BCUT2D eigenvalue weighted by atomic mass is 79.9. The van der Waals surface area contributed by atoms with E-state index in [-0.39, 0.29) is 0 Å². The number of para-hydroxylation sites is 2. The van der Waals surface area contributed by atoms with Crippen LogP contribution in [0.2, 0.25) is 0 Å². The van der Waals surface area contributed by atoms with Crippen LogP contribution in [0.4, 0.5) is 5.69 Å². The lowest BCUT2D eigenvalue weighted by molar-refractivity contribution is -0.131.